The molecule has 1 N–H and O–H groups in total. The number of nitrogens with zero attached hydrogens (tertiary/aromatic N) is 1. The number of amides is 1. The third-order valence-electron chi connectivity index (χ3n) is 4.65. The normalized spacial score (nSPS) is 20.3. The second-order valence-corrected chi connectivity index (χ2v) is 6.29. The summed E-state index contributed by atoms with van der Waals surface area (Å²) in [6.45, 7) is 2.27. The van der Waals surface area contributed by atoms with Crippen molar-refractivity contribution in [1.82, 2.24) is 10.2 Å². The molecule has 0 saturated carbocycles. The van der Waals surface area contributed by atoms with Crippen molar-refractivity contribution in [3.05, 3.63) is 34.9 Å². The highest BCUT2D eigenvalue weighted by Crippen LogP contribution is 2.43. The van der Waals surface area contributed by atoms with Gasteiger partial charge in [0.1, 0.15) is 0 Å². The number of piperidine rings is 1. The summed E-state index contributed by atoms with van der Waals surface area (Å²) < 4.78 is 0. The number of nitrogens with one attached hydrogen (secondary N) is 1. The van der Waals surface area contributed by atoms with Crippen LogP contribution in [0.3, 0.4) is 0 Å². The number of carbonyl (C=O) groups is 1. The summed E-state index contributed by atoms with van der Waals surface area (Å²) in [5.41, 5.74) is 4.15. The highest BCUT2D eigenvalue weighted by molar-refractivity contribution is 5.94. The van der Waals surface area contributed by atoms with Crippen LogP contribution in [0.15, 0.2) is 18.2 Å². The highest BCUT2D eigenvalue weighted by atomic mass is 16.2. The number of fused-ring (bicyclic) bond motifs is 1. The first-order valence-corrected chi connectivity index (χ1v) is 7.14. The molecule has 0 radical (unpaired) electrons. The predicted octanol–water partition coefficient (Wildman–Crippen LogP) is 1.86. The summed E-state index contributed by atoms with van der Waals surface area (Å²) in [6, 6.07) is 6.28. The lowest BCUT2D eigenvalue weighted by Crippen LogP contribution is -2.37. The van der Waals surface area contributed by atoms with Crippen molar-refractivity contribution in [3.8, 4) is 0 Å². The van der Waals surface area contributed by atoms with Gasteiger partial charge in [-0.25, -0.2) is 0 Å². The molecule has 0 aromatic heterocycles. The van der Waals surface area contributed by atoms with Crippen LogP contribution in [0, 0.1) is 5.41 Å². The lowest BCUT2D eigenvalue weighted by atomic mass is 9.76. The van der Waals surface area contributed by atoms with Gasteiger partial charge in [-0.1, -0.05) is 6.07 Å². The second-order valence-electron chi connectivity index (χ2n) is 6.29. The largest absolute Gasteiger partial charge is 0.345 e. The summed E-state index contributed by atoms with van der Waals surface area (Å²) in [5, 5.41) is 3.45. The predicted molar refractivity (Wildman–Crippen MR) is 76.4 cm³/mol. The topological polar surface area (TPSA) is 32.3 Å². The van der Waals surface area contributed by atoms with Gasteiger partial charge in [-0.15, -0.1) is 0 Å². The van der Waals surface area contributed by atoms with E-state index in [1.165, 1.54) is 30.4 Å². The molecule has 0 atom stereocenters. The van der Waals surface area contributed by atoms with Gasteiger partial charge < -0.3 is 10.2 Å². The van der Waals surface area contributed by atoms with Crippen LogP contribution in [0.2, 0.25) is 0 Å². The van der Waals surface area contributed by atoms with Gasteiger partial charge in [-0.3, -0.25) is 4.79 Å². The Kier molecular flexibility index (Phi) is 3.09. The minimum absolute atomic E-state index is 0.106. The lowest BCUT2D eigenvalue weighted by Gasteiger charge is -2.33. The first-order valence-electron chi connectivity index (χ1n) is 7.14. The van der Waals surface area contributed by atoms with Gasteiger partial charge in [0.05, 0.1) is 0 Å². The molecule has 1 aliphatic heterocycles. The van der Waals surface area contributed by atoms with Gasteiger partial charge in [0.25, 0.3) is 5.91 Å². The number of hydrogen-bond donors (Lipinski definition) is 1. The molecule has 1 heterocycles. The maximum Gasteiger partial charge on any atom is 0.253 e. The Balaban J connectivity index is 1.85. The first-order chi connectivity index (χ1) is 9.10. The van der Waals surface area contributed by atoms with E-state index < -0.39 is 0 Å². The van der Waals surface area contributed by atoms with Crippen LogP contribution >= 0.6 is 0 Å². The minimum Gasteiger partial charge on any atom is -0.345 e. The maximum absolute atomic E-state index is 12.0. The van der Waals surface area contributed by atoms with Crippen molar-refractivity contribution in [2.24, 2.45) is 5.41 Å². The molecule has 19 heavy (non-hydrogen) atoms. The van der Waals surface area contributed by atoms with Crippen molar-refractivity contribution in [3.63, 3.8) is 0 Å². The molecule has 1 aromatic rings. The maximum atomic E-state index is 12.0. The van der Waals surface area contributed by atoms with E-state index in [9.17, 15) is 4.79 Å². The van der Waals surface area contributed by atoms with Gasteiger partial charge in [0.2, 0.25) is 0 Å². The van der Waals surface area contributed by atoms with Crippen LogP contribution in [0.4, 0.5) is 0 Å². The zero-order chi connectivity index (χ0) is 13.5. The molecule has 1 fully saturated rings. The summed E-state index contributed by atoms with van der Waals surface area (Å²) in [7, 11) is 3.62. The summed E-state index contributed by atoms with van der Waals surface area (Å²) in [4.78, 5) is 13.7. The Morgan fingerprint density at radius 3 is 2.53 bits per heavy atom. The molecule has 0 unspecified atom stereocenters. The fourth-order valence-electron chi connectivity index (χ4n) is 3.54. The molecular weight excluding hydrogens is 236 g/mol. The van der Waals surface area contributed by atoms with Gasteiger partial charge >= 0.3 is 0 Å². The van der Waals surface area contributed by atoms with Crippen molar-refractivity contribution in [2.75, 3.05) is 27.2 Å². The number of carbonyl (C=O) groups excluding carboxylic acids is 1. The van der Waals surface area contributed by atoms with Crippen LogP contribution in [0.5, 0.6) is 0 Å². The van der Waals surface area contributed by atoms with E-state index in [2.05, 4.69) is 17.4 Å². The monoisotopic (exact) mass is 258 g/mol. The molecule has 1 aromatic carbocycles. The van der Waals surface area contributed by atoms with E-state index in [0.717, 1.165) is 25.1 Å². The van der Waals surface area contributed by atoms with E-state index in [4.69, 9.17) is 0 Å². The molecule has 2 aliphatic rings. The van der Waals surface area contributed by atoms with Crippen LogP contribution in [-0.4, -0.2) is 38.0 Å². The Morgan fingerprint density at radius 2 is 1.84 bits per heavy atom. The lowest BCUT2D eigenvalue weighted by molar-refractivity contribution is 0.0827. The molecule has 3 heteroatoms. The third-order valence-corrected chi connectivity index (χ3v) is 4.65. The standard InChI is InChI=1S/C16H22N2O/c1-18(2)15(19)12-3-4-13-10-16(11-14(13)9-12)5-7-17-8-6-16/h3-4,9,17H,5-8,10-11H2,1-2H3. The Bertz CT molecular complexity index is 501. The zero-order valence-electron chi connectivity index (χ0n) is 11.8. The van der Waals surface area contributed by atoms with Crippen LogP contribution < -0.4 is 5.32 Å². The molecular formula is C16H22N2O. The highest BCUT2D eigenvalue weighted by Gasteiger charge is 2.38. The molecule has 3 nitrogen and oxygen atoms in total. The van der Waals surface area contributed by atoms with E-state index in [-0.39, 0.29) is 5.91 Å². The van der Waals surface area contributed by atoms with E-state index in [0.29, 0.717) is 5.41 Å². The first kappa shape index (κ1) is 12.7. The van der Waals surface area contributed by atoms with Gasteiger partial charge in [0, 0.05) is 19.7 Å². The van der Waals surface area contributed by atoms with E-state index in [1.54, 1.807) is 4.90 Å². The van der Waals surface area contributed by atoms with Crippen LogP contribution in [-0.2, 0) is 12.8 Å². The summed E-state index contributed by atoms with van der Waals surface area (Å²) in [6.07, 6.45) is 4.87. The second kappa shape index (κ2) is 4.64. The van der Waals surface area contributed by atoms with Crippen LogP contribution in [0.25, 0.3) is 0 Å². The van der Waals surface area contributed by atoms with Crippen molar-refractivity contribution in [1.29, 1.82) is 0 Å². The quantitative estimate of drug-likeness (QED) is 0.834. The minimum atomic E-state index is 0.106. The zero-order valence-corrected chi connectivity index (χ0v) is 11.8. The summed E-state index contributed by atoms with van der Waals surface area (Å²) >= 11 is 0. The van der Waals surface area contributed by atoms with Gasteiger partial charge in [-0.2, -0.15) is 0 Å². The molecule has 1 aliphatic carbocycles. The van der Waals surface area contributed by atoms with Crippen LogP contribution in [0.1, 0.15) is 34.3 Å². The Morgan fingerprint density at radius 1 is 1.16 bits per heavy atom. The fraction of sp³-hybridized carbons (Fsp3) is 0.562. The van der Waals surface area contributed by atoms with Crippen molar-refractivity contribution in [2.45, 2.75) is 25.7 Å². The molecule has 1 spiro atoms. The number of rotatable bonds is 1. The number of hydrogen-bond acceptors (Lipinski definition) is 2. The van der Waals surface area contributed by atoms with Crippen molar-refractivity contribution < 1.29 is 4.79 Å². The van der Waals surface area contributed by atoms with Gasteiger partial charge in [-0.05, 0) is 67.4 Å². The van der Waals surface area contributed by atoms with E-state index >= 15 is 0 Å². The summed E-state index contributed by atoms with van der Waals surface area (Å²) in [5.74, 6) is 0.106. The molecule has 1 amide bonds. The molecule has 102 valence electrons. The fourth-order valence-corrected chi connectivity index (χ4v) is 3.54. The Labute approximate surface area is 115 Å². The Hall–Kier alpha value is -1.35. The molecule has 3 rings (SSSR count). The van der Waals surface area contributed by atoms with E-state index in [1.807, 2.05) is 20.2 Å². The van der Waals surface area contributed by atoms with Gasteiger partial charge in [0.15, 0.2) is 0 Å². The third kappa shape index (κ3) is 2.27. The SMILES string of the molecule is CN(C)C(=O)c1ccc2c(c1)CC1(CCNCC1)C2. The number of benzene rings is 1. The van der Waals surface area contributed by atoms with Crippen molar-refractivity contribution >= 4 is 5.91 Å². The average molecular weight is 258 g/mol. The smallest absolute Gasteiger partial charge is 0.253 e. The molecule has 0 bridgehead atoms. The average Bonchev–Trinajstić information content (AvgIpc) is 2.74. The molecule has 1 saturated heterocycles.